The molecule has 1 aliphatic heterocycles. The molecule has 5 rings (SSSR count). The molecule has 4 aromatic rings. The van der Waals surface area contributed by atoms with Crippen molar-refractivity contribution in [2.24, 2.45) is 0 Å². The highest BCUT2D eigenvalue weighted by atomic mass is 16.5. The van der Waals surface area contributed by atoms with E-state index in [1.165, 1.54) is 10.9 Å². The number of hydrogen-bond acceptors (Lipinski definition) is 4. The zero-order chi connectivity index (χ0) is 17.3. The van der Waals surface area contributed by atoms with Gasteiger partial charge in [0.1, 0.15) is 0 Å². The average molecular weight is 344 g/mol. The summed E-state index contributed by atoms with van der Waals surface area (Å²) < 4.78 is 7.48. The van der Waals surface area contributed by atoms with Crippen molar-refractivity contribution in [3.8, 4) is 5.69 Å². The molecule has 0 radical (unpaired) electrons. The predicted octanol–water partition coefficient (Wildman–Crippen LogP) is 3.41. The minimum Gasteiger partial charge on any atom is -0.379 e. The molecule has 0 N–H and O–H groups in total. The molecule has 5 nitrogen and oxygen atoms in total. The summed E-state index contributed by atoms with van der Waals surface area (Å²) in [6, 6.07) is 16.8. The van der Waals surface area contributed by atoms with Gasteiger partial charge in [-0.15, -0.1) is 0 Å². The summed E-state index contributed by atoms with van der Waals surface area (Å²) >= 11 is 0. The number of aromatic nitrogens is 3. The molecule has 0 bridgehead atoms. The highest BCUT2D eigenvalue weighted by Crippen LogP contribution is 2.24. The minimum atomic E-state index is 0.820. The number of nitrogens with zero attached hydrogens (tertiary/aromatic N) is 4. The van der Waals surface area contributed by atoms with Crippen LogP contribution in [-0.4, -0.2) is 46.0 Å². The van der Waals surface area contributed by atoms with E-state index in [1.54, 1.807) is 0 Å². The van der Waals surface area contributed by atoms with Crippen molar-refractivity contribution in [1.82, 2.24) is 19.7 Å². The Bertz CT molecular complexity index is 1070. The van der Waals surface area contributed by atoms with Gasteiger partial charge in [0.05, 0.1) is 36.1 Å². The minimum absolute atomic E-state index is 0.820. The van der Waals surface area contributed by atoms with Gasteiger partial charge in [-0.05, 0) is 35.9 Å². The summed E-state index contributed by atoms with van der Waals surface area (Å²) in [7, 11) is 0. The van der Waals surface area contributed by atoms with Crippen molar-refractivity contribution in [2.75, 3.05) is 26.3 Å². The largest absolute Gasteiger partial charge is 0.379 e. The second kappa shape index (κ2) is 6.52. The average Bonchev–Trinajstić information content (AvgIpc) is 3.14. The van der Waals surface area contributed by atoms with Gasteiger partial charge in [-0.25, -0.2) is 4.68 Å². The van der Waals surface area contributed by atoms with Gasteiger partial charge in [-0.3, -0.25) is 9.88 Å². The number of fused-ring (bicyclic) bond motifs is 2. The third-order valence-corrected chi connectivity index (χ3v) is 5.03. The van der Waals surface area contributed by atoms with Gasteiger partial charge < -0.3 is 4.74 Å². The lowest BCUT2D eigenvalue weighted by Gasteiger charge is -2.26. The molecule has 0 atom stereocenters. The maximum absolute atomic E-state index is 5.46. The molecule has 0 amide bonds. The Balaban J connectivity index is 1.55. The van der Waals surface area contributed by atoms with Crippen molar-refractivity contribution < 1.29 is 4.74 Å². The Morgan fingerprint density at radius 3 is 2.85 bits per heavy atom. The molecule has 5 heteroatoms. The second-order valence-corrected chi connectivity index (χ2v) is 6.68. The first-order valence-electron chi connectivity index (χ1n) is 8.99. The van der Waals surface area contributed by atoms with Crippen LogP contribution < -0.4 is 0 Å². The summed E-state index contributed by atoms with van der Waals surface area (Å²) in [5.74, 6) is 0. The molecule has 0 unspecified atom stereocenters. The lowest BCUT2D eigenvalue weighted by Crippen LogP contribution is -2.35. The summed E-state index contributed by atoms with van der Waals surface area (Å²) in [4.78, 5) is 6.84. The maximum Gasteiger partial charge on any atom is 0.0744 e. The van der Waals surface area contributed by atoms with Gasteiger partial charge in [-0.2, -0.15) is 5.10 Å². The molecule has 1 saturated heterocycles. The third kappa shape index (κ3) is 2.75. The van der Waals surface area contributed by atoms with E-state index < -0.39 is 0 Å². The number of morpholine rings is 1. The number of pyridine rings is 1. The van der Waals surface area contributed by atoms with Crippen LogP contribution in [0.2, 0.25) is 0 Å². The molecule has 26 heavy (non-hydrogen) atoms. The van der Waals surface area contributed by atoms with Gasteiger partial charge >= 0.3 is 0 Å². The summed E-state index contributed by atoms with van der Waals surface area (Å²) in [5.41, 5.74) is 4.52. The van der Waals surface area contributed by atoms with Crippen LogP contribution >= 0.6 is 0 Å². The molecule has 0 saturated carbocycles. The van der Waals surface area contributed by atoms with E-state index in [2.05, 4.69) is 57.4 Å². The Morgan fingerprint density at radius 2 is 1.92 bits per heavy atom. The van der Waals surface area contributed by atoms with Crippen LogP contribution in [0.15, 0.2) is 60.9 Å². The lowest BCUT2D eigenvalue weighted by atomic mass is 10.1. The van der Waals surface area contributed by atoms with Gasteiger partial charge in [0.2, 0.25) is 0 Å². The first kappa shape index (κ1) is 15.5. The van der Waals surface area contributed by atoms with Gasteiger partial charge in [0, 0.05) is 36.6 Å². The molecule has 3 heterocycles. The van der Waals surface area contributed by atoms with E-state index in [1.807, 2.05) is 23.1 Å². The van der Waals surface area contributed by atoms with Crippen molar-refractivity contribution in [3.05, 3.63) is 66.5 Å². The molecular weight excluding hydrogens is 324 g/mol. The Morgan fingerprint density at radius 1 is 1.00 bits per heavy atom. The Kier molecular flexibility index (Phi) is 3.88. The third-order valence-electron chi connectivity index (χ3n) is 5.03. The molecular formula is C21H20N4O. The molecule has 1 aliphatic rings. The van der Waals surface area contributed by atoms with Crippen LogP contribution in [0, 0.1) is 0 Å². The highest BCUT2D eigenvalue weighted by molar-refractivity contribution is 5.85. The first-order chi connectivity index (χ1) is 12.9. The van der Waals surface area contributed by atoms with E-state index >= 15 is 0 Å². The molecule has 1 fully saturated rings. The van der Waals surface area contributed by atoms with E-state index in [-0.39, 0.29) is 0 Å². The Labute approximate surface area is 151 Å². The van der Waals surface area contributed by atoms with Crippen LogP contribution in [0.5, 0.6) is 0 Å². The van der Waals surface area contributed by atoms with Crippen molar-refractivity contribution in [1.29, 1.82) is 0 Å². The topological polar surface area (TPSA) is 43.2 Å². The highest BCUT2D eigenvalue weighted by Gasteiger charge is 2.14. The summed E-state index contributed by atoms with van der Waals surface area (Å²) in [6.07, 6.45) is 3.81. The SMILES string of the molecule is c1cnc2ccc(-n3ncc4c(CN5CCOCC5)cccc43)cc2c1. The number of hydrogen-bond donors (Lipinski definition) is 0. The van der Waals surface area contributed by atoms with Crippen LogP contribution in [0.4, 0.5) is 0 Å². The second-order valence-electron chi connectivity index (χ2n) is 6.68. The fraction of sp³-hybridized carbons (Fsp3) is 0.238. The van der Waals surface area contributed by atoms with E-state index in [4.69, 9.17) is 4.74 Å². The van der Waals surface area contributed by atoms with Crippen LogP contribution in [0.3, 0.4) is 0 Å². The van der Waals surface area contributed by atoms with Crippen LogP contribution in [0.1, 0.15) is 5.56 Å². The van der Waals surface area contributed by atoms with Crippen LogP contribution in [-0.2, 0) is 11.3 Å². The maximum atomic E-state index is 5.46. The number of ether oxygens (including phenoxy) is 1. The molecule has 0 aliphatic carbocycles. The first-order valence-corrected chi connectivity index (χ1v) is 8.99. The van der Waals surface area contributed by atoms with Gasteiger partial charge in [0.25, 0.3) is 0 Å². The number of rotatable bonds is 3. The summed E-state index contributed by atoms with van der Waals surface area (Å²) in [5, 5.41) is 7.02. The smallest absolute Gasteiger partial charge is 0.0744 e. The standard InChI is InChI=1S/C21H20N4O/c1-3-17(15-24-9-11-26-12-10-24)19-14-23-25(21(19)5-1)18-6-7-20-16(13-18)4-2-8-22-20/h1-8,13-14H,9-12,15H2. The zero-order valence-corrected chi connectivity index (χ0v) is 14.5. The lowest BCUT2D eigenvalue weighted by molar-refractivity contribution is 0.0344. The normalized spacial score (nSPS) is 15.7. The molecule has 2 aromatic heterocycles. The summed E-state index contributed by atoms with van der Waals surface area (Å²) in [6.45, 7) is 4.55. The van der Waals surface area contributed by atoms with E-state index in [0.29, 0.717) is 0 Å². The van der Waals surface area contributed by atoms with Gasteiger partial charge in [-0.1, -0.05) is 18.2 Å². The van der Waals surface area contributed by atoms with Crippen LogP contribution in [0.25, 0.3) is 27.5 Å². The quantitative estimate of drug-likeness (QED) is 0.571. The molecule has 0 spiro atoms. The molecule has 130 valence electrons. The van der Waals surface area contributed by atoms with Crippen molar-refractivity contribution >= 4 is 21.8 Å². The van der Waals surface area contributed by atoms with Crippen molar-refractivity contribution in [3.63, 3.8) is 0 Å². The number of benzene rings is 2. The zero-order valence-electron chi connectivity index (χ0n) is 14.5. The fourth-order valence-corrected chi connectivity index (χ4v) is 3.65. The fourth-order valence-electron chi connectivity index (χ4n) is 3.65. The van der Waals surface area contributed by atoms with Crippen molar-refractivity contribution in [2.45, 2.75) is 6.54 Å². The van der Waals surface area contributed by atoms with E-state index in [9.17, 15) is 0 Å². The van der Waals surface area contributed by atoms with Gasteiger partial charge in [0.15, 0.2) is 0 Å². The predicted molar refractivity (Wildman–Crippen MR) is 102 cm³/mol. The van der Waals surface area contributed by atoms with E-state index in [0.717, 1.165) is 55.0 Å². The molecule has 2 aromatic carbocycles. The Hall–Kier alpha value is -2.76. The monoisotopic (exact) mass is 344 g/mol.